The molecule has 0 N–H and O–H groups in total. The average Bonchev–Trinajstić information content (AvgIpc) is 2.55. The van der Waals surface area contributed by atoms with Crippen molar-refractivity contribution >= 4 is 31.9 Å². The molecule has 3 aromatic rings. The Bertz CT molecular complexity index is 818. The van der Waals surface area contributed by atoms with Crippen molar-refractivity contribution in [1.82, 2.24) is 4.57 Å². The van der Waals surface area contributed by atoms with Crippen LogP contribution in [0.1, 0.15) is 16.7 Å². The molecular weight excluding hydrogens is 418 g/mol. The Labute approximate surface area is 152 Å². The molecule has 0 radical (unpaired) electrons. The number of nitrogens with zero attached hydrogens (tertiary/aromatic N) is 1. The van der Waals surface area contributed by atoms with E-state index in [2.05, 4.69) is 31.9 Å². The first-order valence-electron chi connectivity index (χ1n) is 7.30. The molecule has 0 saturated carbocycles. The van der Waals surface area contributed by atoms with Gasteiger partial charge in [0.25, 0.3) is 5.56 Å². The zero-order valence-corrected chi connectivity index (χ0v) is 15.5. The first-order chi connectivity index (χ1) is 11.1. The highest BCUT2D eigenvalue weighted by Crippen LogP contribution is 2.19. The second-order valence-corrected chi connectivity index (χ2v) is 7.03. The molecule has 0 saturated heterocycles. The molecular formula is C19H15Br2NO. The summed E-state index contributed by atoms with van der Waals surface area (Å²) in [5.74, 6) is 0. The molecule has 2 aromatic carbocycles. The topological polar surface area (TPSA) is 22.0 Å². The molecule has 2 nitrogen and oxygen atoms in total. The summed E-state index contributed by atoms with van der Waals surface area (Å²) in [7, 11) is 0. The van der Waals surface area contributed by atoms with E-state index in [-0.39, 0.29) is 5.56 Å². The van der Waals surface area contributed by atoms with Gasteiger partial charge in [-0.25, -0.2) is 0 Å². The van der Waals surface area contributed by atoms with Gasteiger partial charge in [-0.2, -0.15) is 0 Å². The number of benzene rings is 2. The third kappa shape index (κ3) is 3.82. The van der Waals surface area contributed by atoms with E-state index in [1.165, 1.54) is 0 Å². The minimum atomic E-state index is 0.0546. The van der Waals surface area contributed by atoms with Gasteiger partial charge in [0.2, 0.25) is 0 Å². The number of aromatic nitrogens is 1. The lowest BCUT2D eigenvalue weighted by atomic mass is 10.1. The predicted molar refractivity (Wildman–Crippen MR) is 101 cm³/mol. The van der Waals surface area contributed by atoms with Crippen molar-refractivity contribution in [2.45, 2.75) is 13.0 Å². The monoisotopic (exact) mass is 431 g/mol. The second-order valence-electron chi connectivity index (χ2n) is 5.33. The number of hydrogen-bond donors (Lipinski definition) is 0. The molecule has 1 aromatic heterocycles. The molecule has 0 atom stereocenters. The van der Waals surface area contributed by atoms with Crippen molar-refractivity contribution in [3.8, 4) is 0 Å². The van der Waals surface area contributed by atoms with E-state index in [0.717, 1.165) is 25.6 Å². The quantitative estimate of drug-likeness (QED) is 0.567. The number of halogens is 2. The predicted octanol–water partition coefficient (Wildman–Crippen LogP) is 5.01. The zero-order valence-electron chi connectivity index (χ0n) is 12.4. The molecule has 0 spiro atoms. The van der Waals surface area contributed by atoms with Gasteiger partial charge in [-0.1, -0.05) is 74.3 Å². The van der Waals surface area contributed by atoms with E-state index in [9.17, 15) is 4.79 Å². The maximum Gasteiger partial charge on any atom is 0.254 e. The number of rotatable bonds is 4. The standard InChI is InChI=1S/C19H15Br2NO/c20-17-9-3-1-6-14(17)12-15-8-5-11-22(19(15)23)13-16-7-2-4-10-18(16)21/h1-11H,12-13H2. The van der Waals surface area contributed by atoms with Gasteiger partial charge in [0.1, 0.15) is 0 Å². The van der Waals surface area contributed by atoms with Crippen LogP contribution in [0.3, 0.4) is 0 Å². The van der Waals surface area contributed by atoms with Crippen molar-refractivity contribution in [2.75, 3.05) is 0 Å². The van der Waals surface area contributed by atoms with Gasteiger partial charge < -0.3 is 4.57 Å². The van der Waals surface area contributed by atoms with Gasteiger partial charge in [0, 0.05) is 27.1 Å². The maximum absolute atomic E-state index is 12.7. The summed E-state index contributed by atoms with van der Waals surface area (Å²) >= 11 is 7.08. The van der Waals surface area contributed by atoms with Crippen molar-refractivity contribution in [2.24, 2.45) is 0 Å². The van der Waals surface area contributed by atoms with E-state index in [0.29, 0.717) is 13.0 Å². The van der Waals surface area contributed by atoms with Crippen LogP contribution in [0.25, 0.3) is 0 Å². The fourth-order valence-corrected chi connectivity index (χ4v) is 3.34. The molecule has 1 heterocycles. The van der Waals surface area contributed by atoms with E-state index in [1.807, 2.05) is 66.9 Å². The Hall–Kier alpha value is -1.65. The van der Waals surface area contributed by atoms with Crippen LogP contribution in [0.2, 0.25) is 0 Å². The summed E-state index contributed by atoms with van der Waals surface area (Å²) in [5, 5.41) is 0. The third-order valence-electron chi connectivity index (χ3n) is 3.74. The largest absolute Gasteiger partial charge is 0.311 e. The van der Waals surface area contributed by atoms with Gasteiger partial charge in [0.15, 0.2) is 0 Å². The molecule has 0 aliphatic carbocycles. The van der Waals surface area contributed by atoms with Crippen molar-refractivity contribution < 1.29 is 0 Å². The first kappa shape index (κ1) is 16.2. The summed E-state index contributed by atoms with van der Waals surface area (Å²) in [4.78, 5) is 12.7. The number of pyridine rings is 1. The molecule has 0 amide bonds. The molecule has 0 aliphatic heterocycles. The smallest absolute Gasteiger partial charge is 0.254 e. The summed E-state index contributed by atoms with van der Waals surface area (Å²) in [6, 6.07) is 19.8. The van der Waals surface area contributed by atoms with Gasteiger partial charge in [-0.05, 0) is 29.3 Å². The van der Waals surface area contributed by atoms with Crippen LogP contribution in [0.5, 0.6) is 0 Å². The fraction of sp³-hybridized carbons (Fsp3) is 0.105. The van der Waals surface area contributed by atoms with Gasteiger partial charge in [-0.15, -0.1) is 0 Å². The Balaban J connectivity index is 1.92. The lowest BCUT2D eigenvalue weighted by Gasteiger charge is -2.10. The van der Waals surface area contributed by atoms with Gasteiger partial charge in [-0.3, -0.25) is 4.79 Å². The normalized spacial score (nSPS) is 10.7. The van der Waals surface area contributed by atoms with Crippen LogP contribution in [-0.2, 0) is 13.0 Å². The van der Waals surface area contributed by atoms with Crippen LogP contribution >= 0.6 is 31.9 Å². The third-order valence-corrected chi connectivity index (χ3v) is 5.28. The van der Waals surface area contributed by atoms with Crippen LogP contribution in [0, 0.1) is 0 Å². The van der Waals surface area contributed by atoms with E-state index in [4.69, 9.17) is 0 Å². The molecule has 3 rings (SSSR count). The first-order valence-corrected chi connectivity index (χ1v) is 8.89. The lowest BCUT2D eigenvalue weighted by Crippen LogP contribution is -2.23. The van der Waals surface area contributed by atoms with Gasteiger partial charge >= 0.3 is 0 Å². The molecule has 116 valence electrons. The van der Waals surface area contributed by atoms with Crippen LogP contribution in [0.4, 0.5) is 0 Å². The summed E-state index contributed by atoms with van der Waals surface area (Å²) in [6.07, 6.45) is 2.46. The molecule has 4 heteroatoms. The molecule has 0 aliphatic rings. The maximum atomic E-state index is 12.7. The lowest BCUT2D eigenvalue weighted by molar-refractivity contribution is 0.745. The average molecular weight is 433 g/mol. The highest BCUT2D eigenvalue weighted by atomic mass is 79.9. The van der Waals surface area contributed by atoms with Gasteiger partial charge in [0.05, 0.1) is 6.54 Å². The summed E-state index contributed by atoms with van der Waals surface area (Å²) in [6.45, 7) is 0.560. The van der Waals surface area contributed by atoms with E-state index >= 15 is 0 Å². The minimum Gasteiger partial charge on any atom is -0.311 e. The Morgan fingerprint density at radius 1 is 0.739 bits per heavy atom. The Morgan fingerprint density at radius 2 is 1.30 bits per heavy atom. The zero-order chi connectivity index (χ0) is 16.2. The highest BCUT2D eigenvalue weighted by molar-refractivity contribution is 9.10. The van der Waals surface area contributed by atoms with Crippen molar-refractivity contribution in [3.63, 3.8) is 0 Å². The Morgan fingerprint density at radius 3 is 1.96 bits per heavy atom. The molecule has 0 fully saturated rings. The second kappa shape index (κ2) is 7.28. The van der Waals surface area contributed by atoms with Crippen LogP contribution in [0.15, 0.2) is 80.6 Å². The minimum absolute atomic E-state index is 0.0546. The molecule has 0 unspecified atom stereocenters. The number of hydrogen-bond acceptors (Lipinski definition) is 1. The van der Waals surface area contributed by atoms with E-state index < -0.39 is 0 Å². The summed E-state index contributed by atoms with van der Waals surface area (Å²) < 4.78 is 3.80. The fourth-order valence-electron chi connectivity index (χ4n) is 2.50. The molecule has 0 bridgehead atoms. The van der Waals surface area contributed by atoms with E-state index in [1.54, 1.807) is 4.57 Å². The van der Waals surface area contributed by atoms with Crippen LogP contribution in [-0.4, -0.2) is 4.57 Å². The molecule has 23 heavy (non-hydrogen) atoms. The van der Waals surface area contributed by atoms with Crippen molar-refractivity contribution in [3.05, 3.63) is 103 Å². The SMILES string of the molecule is O=c1c(Cc2ccccc2Br)cccn1Cc1ccccc1Br. The van der Waals surface area contributed by atoms with Crippen LogP contribution < -0.4 is 5.56 Å². The Kier molecular flexibility index (Phi) is 5.13. The highest BCUT2D eigenvalue weighted by Gasteiger charge is 2.08. The summed E-state index contributed by atoms with van der Waals surface area (Å²) in [5.41, 5.74) is 3.06. The van der Waals surface area contributed by atoms with Crippen molar-refractivity contribution in [1.29, 1.82) is 0 Å².